The van der Waals surface area contributed by atoms with E-state index in [0.717, 1.165) is 17.4 Å². The topological polar surface area (TPSA) is 24.4 Å². The van der Waals surface area contributed by atoms with Crippen molar-refractivity contribution in [1.82, 2.24) is 0 Å². The SMILES string of the molecule is CSC(=NCC(C)C)Nc1cc(Cl)cc(Cl)c1.I. The first kappa shape index (κ1) is 18.4. The van der Waals surface area contributed by atoms with E-state index in [0.29, 0.717) is 16.0 Å². The molecule has 0 amide bonds. The van der Waals surface area contributed by atoms with Gasteiger partial charge in [0.15, 0.2) is 5.17 Å². The number of aliphatic imine (C=N–C) groups is 1. The summed E-state index contributed by atoms with van der Waals surface area (Å²) >= 11 is 13.4. The van der Waals surface area contributed by atoms with Crippen LogP contribution in [0.3, 0.4) is 0 Å². The minimum Gasteiger partial charge on any atom is -0.335 e. The molecule has 0 aliphatic heterocycles. The van der Waals surface area contributed by atoms with Gasteiger partial charge in [0.2, 0.25) is 0 Å². The van der Waals surface area contributed by atoms with E-state index in [2.05, 4.69) is 24.2 Å². The normalized spacial score (nSPS) is 11.3. The summed E-state index contributed by atoms with van der Waals surface area (Å²) in [4.78, 5) is 4.48. The number of anilines is 1. The van der Waals surface area contributed by atoms with Gasteiger partial charge in [0.1, 0.15) is 0 Å². The van der Waals surface area contributed by atoms with Gasteiger partial charge in [-0.05, 0) is 30.4 Å². The zero-order chi connectivity index (χ0) is 12.8. The van der Waals surface area contributed by atoms with E-state index in [1.54, 1.807) is 17.8 Å². The monoisotopic (exact) mass is 418 g/mol. The van der Waals surface area contributed by atoms with E-state index < -0.39 is 0 Å². The van der Waals surface area contributed by atoms with Crippen molar-refractivity contribution >= 4 is 69.8 Å². The fourth-order valence-electron chi connectivity index (χ4n) is 1.17. The Bertz CT molecular complexity index is 391. The second kappa shape index (κ2) is 9.28. The Kier molecular flexibility index (Phi) is 9.47. The number of nitrogens with one attached hydrogen (secondary N) is 1. The van der Waals surface area contributed by atoms with E-state index in [-0.39, 0.29) is 24.0 Å². The molecule has 0 heterocycles. The lowest BCUT2D eigenvalue weighted by atomic mass is 10.2. The Balaban J connectivity index is 0.00000289. The molecule has 0 fully saturated rings. The van der Waals surface area contributed by atoms with Gasteiger partial charge in [-0.3, -0.25) is 4.99 Å². The van der Waals surface area contributed by atoms with Crippen molar-refractivity contribution in [2.75, 3.05) is 18.1 Å². The fourth-order valence-corrected chi connectivity index (χ4v) is 2.12. The van der Waals surface area contributed by atoms with Crippen molar-refractivity contribution in [3.8, 4) is 0 Å². The molecule has 0 atom stereocenters. The van der Waals surface area contributed by atoms with Crippen molar-refractivity contribution in [3.63, 3.8) is 0 Å². The Morgan fingerprint density at radius 1 is 1.28 bits per heavy atom. The molecule has 6 heteroatoms. The van der Waals surface area contributed by atoms with Gasteiger partial charge < -0.3 is 5.32 Å². The second-order valence-corrected chi connectivity index (χ2v) is 5.69. The van der Waals surface area contributed by atoms with Crippen LogP contribution in [0.15, 0.2) is 23.2 Å². The maximum absolute atomic E-state index is 5.93. The average molecular weight is 419 g/mol. The standard InChI is InChI=1S/C12H16Cl2N2S.HI/c1-8(2)7-15-12(17-3)16-11-5-9(13)4-10(14)6-11;/h4-6,8H,7H2,1-3H3,(H,15,16);1H. The van der Waals surface area contributed by atoms with Crippen LogP contribution in [-0.4, -0.2) is 18.0 Å². The van der Waals surface area contributed by atoms with Crippen LogP contribution in [0.1, 0.15) is 13.8 Å². The summed E-state index contributed by atoms with van der Waals surface area (Å²) < 4.78 is 0. The molecule has 1 aromatic rings. The van der Waals surface area contributed by atoms with Gasteiger partial charge in [-0.2, -0.15) is 0 Å². The first-order valence-corrected chi connectivity index (χ1v) is 7.31. The number of hydrogen-bond acceptors (Lipinski definition) is 2. The van der Waals surface area contributed by atoms with Crippen LogP contribution in [-0.2, 0) is 0 Å². The van der Waals surface area contributed by atoms with Gasteiger partial charge >= 0.3 is 0 Å². The lowest BCUT2D eigenvalue weighted by Crippen LogP contribution is -2.09. The molecule has 18 heavy (non-hydrogen) atoms. The molecule has 0 radical (unpaired) electrons. The molecular weight excluding hydrogens is 402 g/mol. The first-order chi connectivity index (χ1) is 8.01. The molecule has 0 bridgehead atoms. The highest BCUT2D eigenvalue weighted by molar-refractivity contribution is 14.0. The predicted molar refractivity (Wildman–Crippen MR) is 96.2 cm³/mol. The van der Waals surface area contributed by atoms with E-state index in [1.165, 1.54) is 0 Å². The summed E-state index contributed by atoms with van der Waals surface area (Å²) in [6.45, 7) is 5.08. The zero-order valence-corrected chi connectivity index (χ0v) is 15.2. The molecule has 1 N–H and O–H groups in total. The summed E-state index contributed by atoms with van der Waals surface area (Å²) in [5, 5.41) is 5.31. The number of halogens is 3. The fraction of sp³-hybridized carbons (Fsp3) is 0.417. The van der Waals surface area contributed by atoms with E-state index in [4.69, 9.17) is 23.2 Å². The smallest absolute Gasteiger partial charge is 0.160 e. The molecule has 2 nitrogen and oxygen atoms in total. The third-order valence-electron chi connectivity index (χ3n) is 1.91. The van der Waals surface area contributed by atoms with Crippen molar-refractivity contribution in [2.45, 2.75) is 13.8 Å². The quantitative estimate of drug-likeness (QED) is 0.403. The summed E-state index contributed by atoms with van der Waals surface area (Å²) in [5.41, 5.74) is 0.861. The van der Waals surface area contributed by atoms with Crippen molar-refractivity contribution in [3.05, 3.63) is 28.2 Å². The molecule has 1 rings (SSSR count). The van der Waals surface area contributed by atoms with Crippen molar-refractivity contribution in [2.24, 2.45) is 10.9 Å². The van der Waals surface area contributed by atoms with Crippen LogP contribution in [0.25, 0.3) is 0 Å². The third kappa shape index (κ3) is 7.07. The highest BCUT2D eigenvalue weighted by Crippen LogP contribution is 2.23. The first-order valence-electron chi connectivity index (χ1n) is 5.33. The molecule has 0 aliphatic rings. The van der Waals surface area contributed by atoms with Gasteiger partial charge in [0.05, 0.1) is 0 Å². The Morgan fingerprint density at radius 2 is 1.83 bits per heavy atom. The molecule has 0 saturated heterocycles. The number of rotatable bonds is 3. The van der Waals surface area contributed by atoms with Crippen LogP contribution < -0.4 is 5.32 Å². The molecule has 0 saturated carbocycles. The molecule has 1 aromatic carbocycles. The van der Waals surface area contributed by atoms with E-state index in [1.807, 2.05) is 18.4 Å². The molecule has 102 valence electrons. The molecule has 0 spiro atoms. The average Bonchev–Trinajstić information content (AvgIpc) is 2.22. The zero-order valence-electron chi connectivity index (χ0n) is 10.5. The lowest BCUT2D eigenvalue weighted by molar-refractivity contribution is 0.666. The minimum atomic E-state index is 0. The van der Waals surface area contributed by atoms with Crippen LogP contribution in [0.4, 0.5) is 5.69 Å². The maximum Gasteiger partial charge on any atom is 0.160 e. The summed E-state index contributed by atoms with van der Waals surface area (Å²) in [6, 6.07) is 5.36. The van der Waals surface area contributed by atoms with Gasteiger partial charge in [-0.15, -0.1) is 24.0 Å². The molecule has 0 aromatic heterocycles. The number of nitrogens with zero attached hydrogens (tertiary/aromatic N) is 1. The Hall–Kier alpha value is 0.350. The van der Waals surface area contributed by atoms with Crippen molar-refractivity contribution < 1.29 is 0 Å². The number of benzene rings is 1. The molecular formula is C12H17Cl2IN2S. The van der Waals surface area contributed by atoms with Crippen LogP contribution in [0, 0.1) is 5.92 Å². The van der Waals surface area contributed by atoms with Crippen LogP contribution >= 0.6 is 58.9 Å². The summed E-state index contributed by atoms with van der Waals surface area (Å²) in [5.74, 6) is 0.543. The summed E-state index contributed by atoms with van der Waals surface area (Å²) in [6.07, 6.45) is 1.98. The number of hydrogen-bond donors (Lipinski definition) is 1. The van der Waals surface area contributed by atoms with Gasteiger partial charge in [-0.1, -0.05) is 48.8 Å². The summed E-state index contributed by atoms with van der Waals surface area (Å²) in [7, 11) is 0. The maximum atomic E-state index is 5.93. The van der Waals surface area contributed by atoms with Crippen LogP contribution in [0.5, 0.6) is 0 Å². The largest absolute Gasteiger partial charge is 0.335 e. The Labute approximate surface area is 140 Å². The molecule has 0 unspecified atom stereocenters. The lowest BCUT2D eigenvalue weighted by Gasteiger charge is -2.09. The van der Waals surface area contributed by atoms with E-state index >= 15 is 0 Å². The third-order valence-corrected chi connectivity index (χ3v) is 2.96. The van der Waals surface area contributed by atoms with Gasteiger partial charge in [-0.25, -0.2) is 0 Å². The number of thioether (sulfide) groups is 1. The number of amidine groups is 1. The predicted octanol–water partition coefficient (Wildman–Crippen LogP) is 5.40. The van der Waals surface area contributed by atoms with Gasteiger partial charge in [0, 0.05) is 22.3 Å². The van der Waals surface area contributed by atoms with Crippen molar-refractivity contribution in [1.29, 1.82) is 0 Å². The Morgan fingerprint density at radius 3 is 2.28 bits per heavy atom. The molecule has 0 aliphatic carbocycles. The van der Waals surface area contributed by atoms with Crippen LogP contribution in [0.2, 0.25) is 10.0 Å². The highest BCUT2D eigenvalue weighted by Gasteiger charge is 2.02. The second-order valence-electron chi connectivity index (χ2n) is 4.03. The minimum absolute atomic E-state index is 0. The highest BCUT2D eigenvalue weighted by atomic mass is 127. The van der Waals surface area contributed by atoms with Gasteiger partial charge in [0.25, 0.3) is 0 Å². The van der Waals surface area contributed by atoms with E-state index in [9.17, 15) is 0 Å².